The molecule has 31 heavy (non-hydrogen) atoms. The summed E-state index contributed by atoms with van der Waals surface area (Å²) in [5.74, 6) is 1.30. The van der Waals surface area contributed by atoms with Crippen LogP contribution in [0.2, 0.25) is 0 Å². The fourth-order valence-electron chi connectivity index (χ4n) is 3.61. The van der Waals surface area contributed by atoms with Gasteiger partial charge >= 0.3 is 0 Å². The third-order valence-electron chi connectivity index (χ3n) is 5.53. The zero-order chi connectivity index (χ0) is 23.0. The summed E-state index contributed by atoms with van der Waals surface area (Å²) in [6.45, 7) is 15.1. The van der Waals surface area contributed by atoms with Gasteiger partial charge in [-0.1, -0.05) is 104 Å². The lowest BCUT2D eigenvalue weighted by molar-refractivity contribution is -0.125. The van der Waals surface area contributed by atoms with Gasteiger partial charge in [0.25, 0.3) is 0 Å². The summed E-state index contributed by atoms with van der Waals surface area (Å²) < 4.78 is 4.78. The summed E-state index contributed by atoms with van der Waals surface area (Å²) in [6, 6.07) is 10.5. The van der Waals surface area contributed by atoms with E-state index in [1.807, 2.05) is 6.07 Å². The number of carbonyl (C=O) groups is 1. The molecule has 182 valence electrons. The van der Waals surface area contributed by atoms with Gasteiger partial charge in [-0.05, 0) is 44.3 Å². The number of hydrogen-bond acceptors (Lipinski definition) is 4. The standard InChI is InChI=1S/C23H38O2S2.C3H8.CH4/c1-7-9-11-14-19(3)21(24)23(5,22(4,17-8-2)27-25-6)26-18-20-15-12-10-13-16-20;1-3-2;/h10,12-13,15-16,19H,7-9,11,14,17-18H2,1-6H3;3H2,1-2H3;1H4/t19-,22?,23+;;/m1../s1. The Morgan fingerprint density at radius 1 is 1.03 bits per heavy atom. The summed E-state index contributed by atoms with van der Waals surface area (Å²) in [6.07, 6.45) is 7.74. The Morgan fingerprint density at radius 2 is 1.61 bits per heavy atom. The summed E-state index contributed by atoms with van der Waals surface area (Å²) in [7, 11) is 1.72. The van der Waals surface area contributed by atoms with Crippen LogP contribution in [0.3, 0.4) is 0 Å². The van der Waals surface area contributed by atoms with E-state index in [2.05, 4.69) is 72.7 Å². The van der Waals surface area contributed by atoms with Crippen LogP contribution in [0.4, 0.5) is 0 Å². The monoisotopic (exact) mass is 470 g/mol. The maximum Gasteiger partial charge on any atom is 0.152 e. The Hall–Kier alpha value is -0.450. The van der Waals surface area contributed by atoms with Crippen LogP contribution in [0.5, 0.6) is 0 Å². The van der Waals surface area contributed by atoms with Crippen LogP contribution in [0.1, 0.15) is 106 Å². The first kappa shape index (κ1) is 32.7. The van der Waals surface area contributed by atoms with Crippen molar-refractivity contribution < 1.29 is 8.98 Å². The average Bonchev–Trinajstić information content (AvgIpc) is 2.73. The van der Waals surface area contributed by atoms with Gasteiger partial charge in [-0.2, -0.15) is 0 Å². The molecule has 1 aromatic carbocycles. The highest BCUT2D eigenvalue weighted by atomic mass is 32.2. The molecule has 0 aliphatic rings. The first-order valence-corrected chi connectivity index (χ1v) is 13.4. The van der Waals surface area contributed by atoms with Crippen LogP contribution in [-0.2, 0) is 14.7 Å². The molecule has 0 heterocycles. The zero-order valence-corrected chi connectivity index (χ0v) is 22.4. The highest BCUT2D eigenvalue weighted by Crippen LogP contribution is 2.50. The fourth-order valence-corrected chi connectivity index (χ4v) is 6.20. The summed E-state index contributed by atoms with van der Waals surface area (Å²) >= 11 is 3.27. The minimum atomic E-state index is -0.495. The molecular formula is C27H50O2S2. The number of unbranched alkanes of at least 4 members (excludes halogenated alkanes) is 2. The molecule has 0 aliphatic carbocycles. The van der Waals surface area contributed by atoms with Gasteiger partial charge in [0.05, 0.1) is 16.6 Å². The Kier molecular flexibility index (Phi) is 19.0. The Labute approximate surface area is 203 Å². The molecule has 0 N–H and O–H groups in total. The molecule has 1 unspecified atom stereocenters. The topological polar surface area (TPSA) is 26.3 Å². The van der Waals surface area contributed by atoms with Gasteiger partial charge in [-0.3, -0.25) is 4.79 Å². The smallest absolute Gasteiger partial charge is 0.152 e. The van der Waals surface area contributed by atoms with Gasteiger partial charge in [0.2, 0.25) is 0 Å². The third-order valence-corrected chi connectivity index (χ3v) is 8.52. The van der Waals surface area contributed by atoms with Gasteiger partial charge < -0.3 is 4.18 Å². The maximum atomic E-state index is 13.7. The van der Waals surface area contributed by atoms with Crippen LogP contribution in [0, 0.1) is 5.92 Å². The van der Waals surface area contributed by atoms with Crippen molar-refractivity contribution >= 4 is 29.6 Å². The molecule has 4 heteroatoms. The normalized spacial score (nSPS) is 15.5. The molecule has 1 rings (SSSR count). The Bertz CT molecular complexity index is 556. The number of Topliss-reactive ketones (excluding diaryl/α,β-unsaturated/α-hetero) is 1. The first-order chi connectivity index (χ1) is 14.3. The quantitative estimate of drug-likeness (QED) is 0.200. The molecule has 0 aromatic heterocycles. The predicted molar refractivity (Wildman–Crippen MR) is 145 cm³/mol. The highest BCUT2D eigenvalue weighted by Gasteiger charge is 2.52. The van der Waals surface area contributed by atoms with E-state index in [0.717, 1.165) is 31.4 Å². The zero-order valence-electron chi connectivity index (χ0n) is 20.8. The maximum absolute atomic E-state index is 13.7. The van der Waals surface area contributed by atoms with E-state index in [1.165, 1.54) is 36.9 Å². The van der Waals surface area contributed by atoms with Crippen molar-refractivity contribution in [3.63, 3.8) is 0 Å². The van der Waals surface area contributed by atoms with Crippen LogP contribution in [-0.4, -0.2) is 22.4 Å². The minimum Gasteiger partial charge on any atom is -0.318 e. The van der Waals surface area contributed by atoms with E-state index in [1.54, 1.807) is 18.9 Å². The first-order valence-electron chi connectivity index (χ1n) is 11.7. The molecule has 0 radical (unpaired) electrons. The lowest BCUT2D eigenvalue weighted by atomic mass is 9.80. The fraction of sp³-hybridized carbons (Fsp3) is 0.741. The lowest BCUT2D eigenvalue weighted by Gasteiger charge is -2.45. The number of hydrogen-bond donors (Lipinski definition) is 0. The largest absolute Gasteiger partial charge is 0.318 e. The second-order valence-electron chi connectivity index (χ2n) is 8.51. The molecule has 3 atom stereocenters. The summed E-state index contributed by atoms with van der Waals surface area (Å²) in [5, 5.41) is 0. The van der Waals surface area contributed by atoms with Gasteiger partial charge in [0, 0.05) is 11.7 Å². The third kappa shape index (κ3) is 10.8. The molecule has 0 saturated heterocycles. The molecule has 2 nitrogen and oxygen atoms in total. The average molecular weight is 471 g/mol. The summed E-state index contributed by atoms with van der Waals surface area (Å²) in [5.41, 5.74) is 1.27. The van der Waals surface area contributed by atoms with Crippen LogP contribution in [0.15, 0.2) is 30.3 Å². The van der Waals surface area contributed by atoms with E-state index >= 15 is 0 Å². The van der Waals surface area contributed by atoms with E-state index < -0.39 is 4.75 Å². The van der Waals surface area contributed by atoms with E-state index in [-0.39, 0.29) is 18.1 Å². The van der Waals surface area contributed by atoms with Crippen molar-refractivity contribution in [2.45, 2.75) is 116 Å². The van der Waals surface area contributed by atoms with Gasteiger partial charge in [0.15, 0.2) is 5.78 Å². The molecule has 0 bridgehead atoms. The molecule has 0 amide bonds. The molecule has 0 aliphatic heterocycles. The minimum absolute atomic E-state index is 0. The summed E-state index contributed by atoms with van der Waals surface area (Å²) in [4.78, 5) is 13.7. The SMILES string of the molecule is C.CCC.CCCCC[C@@H](C)C(=O)[C@](C)(SCc1ccccc1)C(C)(CCC)SOC. The molecule has 1 aromatic rings. The Morgan fingerprint density at radius 3 is 2.10 bits per heavy atom. The molecular weight excluding hydrogens is 420 g/mol. The van der Waals surface area contributed by atoms with Gasteiger partial charge in [0.1, 0.15) is 0 Å². The second kappa shape index (κ2) is 18.0. The molecule has 0 saturated carbocycles. The van der Waals surface area contributed by atoms with Crippen molar-refractivity contribution in [3.05, 3.63) is 35.9 Å². The van der Waals surface area contributed by atoms with Crippen LogP contribution >= 0.6 is 23.8 Å². The van der Waals surface area contributed by atoms with E-state index in [0.29, 0.717) is 5.78 Å². The van der Waals surface area contributed by atoms with Crippen molar-refractivity contribution in [1.29, 1.82) is 0 Å². The van der Waals surface area contributed by atoms with Gasteiger partial charge in [-0.15, -0.1) is 11.8 Å². The predicted octanol–water partition coefficient (Wildman–Crippen LogP) is 9.37. The molecule has 0 fully saturated rings. The number of benzene rings is 1. The number of ketones is 1. The molecule has 0 spiro atoms. The van der Waals surface area contributed by atoms with Crippen LogP contribution in [0.25, 0.3) is 0 Å². The van der Waals surface area contributed by atoms with Crippen LogP contribution < -0.4 is 0 Å². The number of thioether (sulfide) groups is 1. The number of carbonyl (C=O) groups excluding carboxylic acids is 1. The number of rotatable bonds is 14. The van der Waals surface area contributed by atoms with E-state index in [9.17, 15) is 4.79 Å². The van der Waals surface area contributed by atoms with Gasteiger partial charge in [-0.25, -0.2) is 0 Å². The van der Waals surface area contributed by atoms with Crippen molar-refractivity contribution in [3.8, 4) is 0 Å². The highest BCUT2D eigenvalue weighted by molar-refractivity contribution is 8.03. The van der Waals surface area contributed by atoms with Crippen molar-refractivity contribution in [1.82, 2.24) is 0 Å². The lowest BCUT2D eigenvalue weighted by Crippen LogP contribution is -2.53. The van der Waals surface area contributed by atoms with Crippen molar-refractivity contribution in [2.75, 3.05) is 7.11 Å². The van der Waals surface area contributed by atoms with Crippen molar-refractivity contribution in [2.24, 2.45) is 5.92 Å². The second-order valence-corrected chi connectivity index (χ2v) is 11.3. The van der Waals surface area contributed by atoms with E-state index in [4.69, 9.17) is 4.18 Å². The Balaban J connectivity index is 0.